The molecule has 0 atom stereocenters. The third-order valence-corrected chi connectivity index (χ3v) is 6.16. The Labute approximate surface area is 199 Å². The maximum atomic E-state index is 14.0. The predicted molar refractivity (Wildman–Crippen MR) is 130 cm³/mol. The number of fused-ring (bicyclic) bond motifs is 2. The number of aromatic hydroxyl groups is 1. The summed E-state index contributed by atoms with van der Waals surface area (Å²) in [4.78, 5) is 22.0. The van der Waals surface area contributed by atoms with Crippen molar-refractivity contribution in [1.82, 2.24) is 25.1 Å². The summed E-state index contributed by atoms with van der Waals surface area (Å²) in [5, 5.41) is 32.5. The van der Waals surface area contributed by atoms with Gasteiger partial charge in [0.2, 0.25) is 0 Å². The Morgan fingerprint density at radius 2 is 2.09 bits per heavy atom. The lowest BCUT2D eigenvalue weighted by molar-refractivity contribution is -0.127. The molecule has 0 aliphatic carbocycles. The number of aryl methyl sites for hydroxylation is 1. The molecule has 0 spiro atoms. The van der Waals surface area contributed by atoms with Crippen LogP contribution in [-0.2, 0) is 24.3 Å². The summed E-state index contributed by atoms with van der Waals surface area (Å²) in [6, 6.07) is 8.48. The number of aromatic amines is 2. The van der Waals surface area contributed by atoms with Gasteiger partial charge in [-0.15, -0.1) is 0 Å². The summed E-state index contributed by atoms with van der Waals surface area (Å²) in [5.74, 6) is -0.776. The van der Waals surface area contributed by atoms with E-state index in [-0.39, 0.29) is 17.2 Å². The van der Waals surface area contributed by atoms with Crippen molar-refractivity contribution in [1.29, 1.82) is 10.8 Å². The minimum absolute atomic E-state index is 0.138. The lowest BCUT2D eigenvalue weighted by atomic mass is 9.96. The second-order valence-corrected chi connectivity index (χ2v) is 8.25. The molecule has 2 aromatic heterocycles. The van der Waals surface area contributed by atoms with E-state index in [0.29, 0.717) is 36.6 Å². The number of nitrogens with zero attached hydrogens (tertiary/aromatic N) is 3. The van der Waals surface area contributed by atoms with E-state index in [0.717, 1.165) is 45.8 Å². The number of halogens is 1. The summed E-state index contributed by atoms with van der Waals surface area (Å²) in [7, 11) is 0. The van der Waals surface area contributed by atoms with Gasteiger partial charge in [-0.1, -0.05) is 13.0 Å². The number of hydrogen-bond donors (Lipinski definition) is 5. The van der Waals surface area contributed by atoms with Crippen molar-refractivity contribution < 1.29 is 14.3 Å². The smallest absolute Gasteiger partial charge is 0.256 e. The van der Waals surface area contributed by atoms with Crippen molar-refractivity contribution in [3.8, 4) is 28.4 Å². The molecular formula is C25H22FN7O2. The second-order valence-electron chi connectivity index (χ2n) is 8.25. The van der Waals surface area contributed by atoms with Crippen LogP contribution in [0.5, 0.6) is 5.75 Å². The van der Waals surface area contributed by atoms with Crippen molar-refractivity contribution in [2.24, 2.45) is 0 Å². The molecule has 0 radical (unpaired) electrons. The average molecular weight is 471 g/mol. The number of imidazole rings is 1. The van der Waals surface area contributed by atoms with E-state index in [1.54, 1.807) is 4.90 Å². The van der Waals surface area contributed by atoms with Gasteiger partial charge in [0.05, 0.1) is 35.6 Å². The molecule has 0 saturated carbocycles. The Kier molecular flexibility index (Phi) is 5.48. The Morgan fingerprint density at radius 1 is 1.26 bits per heavy atom. The van der Waals surface area contributed by atoms with Gasteiger partial charge in [-0.05, 0) is 53.5 Å². The average Bonchev–Trinajstić information content (AvgIpc) is 3.56. The molecular weight excluding hydrogens is 449 g/mol. The van der Waals surface area contributed by atoms with Crippen LogP contribution < -0.4 is 0 Å². The largest absolute Gasteiger partial charge is 0.505 e. The van der Waals surface area contributed by atoms with Gasteiger partial charge in [-0.3, -0.25) is 9.89 Å². The Morgan fingerprint density at radius 3 is 2.80 bits per heavy atom. The first-order valence-electron chi connectivity index (χ1n) is 11.0. The number of aromatic nitrogens is 4. The number of phenols is 1. The number of hydrogen-bond acceptors (Lipinski definition) is 6. The van der Waals surface area contributed by atoms with Gasteiger partial charge in [-0.2, -0.15) is 5.10 Å². The summed E-state index contributed by atoms with van der Waals surface area (Å²) in [6.07, 6.45) is 3.87. The molecule has 10 heteroatoms. The van der Waals surface area contributed by atoms with Crippen LogP contribution in [0.4, 0.5) is 4.39 Å². The summed E-state index contributed by atoms with van der Waals surface area (Å²) < 4.78 is 14.0. The zero-order chi connectivity index (χ0) is 24.7. The first kappa shape index (κ1) is 22.2. The van der Waals surface area contributed by atoms with E-state index >= 15 is 0 Å². The van der Waals surface area contributed by atoms with E-state index in [4.69, 9.17) is 10.8 Å². The molecule has 0 saturated heterocycles. The van der Waals surface area contributed by atoms with Gasteiger partial charge >= 0.3 is 0 Å². The molecule has 5 N–H and O–H groups in total. The number of benzene rings is 2. The van der Waals surface area contributed by atoms with Crippen molar-refractivity contribution in [2.75, 3.05) is 0 Å². The molecule has 1 aliphatic heterocycles. The molecule has 0 bridgehead atoms. The molecule has 1 aliphatic rings. The molecule has 5 rings (SSSR count). The lowest BCUT2D eigenvalue weighted by Gasteiger charge is -2.15. The molecule has 3 heterocycles. The highest BCUT2D eigenvalue weighted by Crippen LogP contribution is 2.34. The van der Waals surface area contributed by atoms with E-state index in [1.165, 1.54) is 18.2 Å². The van der Waals surface area contributed by atoms with Gasteiger partial charge in [-0.25, -0.2) is 9.37 Å². The summed E-state index contributed by atoms with van der Waals surface area (Å²) in [5.41, 5.74) is 5.41. The summed E-state index contributed by atoms with van der Waals surface area (Å²) >= 11 is 0. The number of carbonyl (C=O) groups excluding carboxylic acids is 1. The molecule has 4 aromatic rings. The molecule has 0 unspecified atom stereocenters. The van der Waals surface area contributed by atoms with Crippen molar-refractivity contribution in [3.05, 3.63) is 64.7 Å². The number of nitrogens with one attached hydrogen (secondary N) is 4. The quantitative estimate of drug-likeness (QED) is 0.213. The zero-order valence-electron chi connectivity index (χ0n) is 18.8. The van der Waals surface area contributed by atoms with Crippen molar-refractivity contribution >= 4 is 29.2 Å². The van der Waals surface area contributed by atoms with Gasteiger partial charge in [0, 0.05) is 17.8 Å². The highest BCUT2D eigenvalue weighted by Gasteiger charge is 2.29. The molecule has 176 valence electrons. The van der Waals surface area contributed by atoms with E-state index in [9.17, 15) is 14.3 Å². The maximum absolute atomic E-state index is 14.0. The van der Waals surface area contributed by atoms with Crippen LogP contribution in [0.25, 0.3) is 33.5 Å². The monoisotopic (exact) mass is 471 g/mol. The number of carbonyl (C=O) groups is 1. The zero-order valence-corrected chi connectivity index (χ0v) is 18.8. The summed E-state index contributed by atoms with van der Waals surface area (Å²) in [6.45, 7) is 2.57. The maximum Gasteiger partial charge on any atom is 0.256 e. The van der Waals surface area contributed by atoms with E-state index < -0.39 is 5.82 Å². The van der Waals surface area contributed by atoms with Gasteiger partial charge < -0.3 is 25.8 Å². The Bertz CT molecular complexity index is 1510. The van der Waals surface area contributed by atoms with Crippen LogP contribution in [-0.4, -0.2) is 48.5 Å². The number of amides is 1. The normalized spacial score (nSPS) is 13.3. The Hall–Kier alpha value is -4.60. The molecule has 0 fully saturated rings. The van der Waals surface area contributed by atoms with Crippen molar-refractivity contribution in [2.45, 2.75) is 26.4 Å². The van der Waals surface area contributed by atoms with Crippen LogP contribution in [0, 0.1) is 16.6 Å². The van der Waals surface area contributed by atoms with Gasteiger partial charge in [0.25, 0.3) is 5.91 Å². The van der Waals surface area contributed by atoms with E-state index in [2.05, 4.69) is 20.2 Å². The fraction of sp³-hybridized carbons (Fsp3) is 0.160. The van der Waals surface area contributed by atoms with E-state index in [1.807, 2.05) is 25.1 Å². The van der Waals surface area contributed by atoms with Crippen LogP contribution in [0.3, 0.4) is 0 Å². The fourth-order valence-corrected chi connectivity index (χ4v) is 4.38. The molecule has 9 nitrogen and oxygen atoms in total. The topological polar surface area (TPSA) is 146 Å². The molecule has 1 amide bonds. The van der Waals surface area contributed by atoms with Gasteiger partial charge in [0.1, 0.15) is 5.69 Å². The number of phenolic OH excluding ortho intramolecular Hbond substituents is 1. The first-order valence-corrected chi connectivity index (χ1v) is 11.0. The first-order chi connectivity index (χ1) is 16.9. The SMILES string of the molecule is CCc1cc(O)c(F)cc1-c1ccc2c(-c3nc4c([nH]3)CN(C(=O)/C(C=N)=C/C=N)C4)n[nH]c2c1. The van der Waals surface area contributed by atoms with Crippen molar-refractivity contribution in [3.63, 3.8) is 0 Å². The lowest BCUT2D eigenvalue weighted by Crippen LogP contribution is -2.27. The minimum atomic E-state index is -0.665. The fourth-order valence-electron chi connectivity index (χ4n) is 4.38. The predicted octanol–water partition coefficient (Wildman–Crippen LogP) is 4.09. The van der Waals surface area contributed by atoms with Crippen LogP contribution in [0.15, 0.2) is 42.0 Å². The standard InChI is InChI=1S/C25H22FN7O2/c1-2-13-8-22(34)18(26)9-17(13)14-3-4-16-19(7-14)31-32-23(16)24-29-20-11-33(12-21(20)30-24)25(35)15(10-28)5-6-27/h3-10,27-28,34H,2,11-12H2,1H3,(H,29,30)(H,31,32)/b15-5+,27-6?,28-10?. The third kappa shape index (κ3) is 3.78. The molecule has 35 heavy (non-hydrogen) atoms. The third-order valence-electron chi connectivity index (χ3n) is 6.16. The van der Waals surface area contributed by atoms with Gasteiger partial charge in [0.15, 0.2) is 17.4 Å². The van der Waals surface area contributed by atoms with Crippen LogP contribution >= 0.6 is 0 Å². The minimum Gasteiger partial charge on any atom is -0.505 e. The highest BCUT2D eigenvalue weighted by atomic mass is 19.1. The number of H-pyrrole nitrogens is 2. The highest BCUT2D eigenvalue weighted by molar-refractivity contribution is 6.13. The van der Waals surface area contributed by atoms with Crippen LogP contribution in [0.1, 0.15) is 23.9 Å². The molecule has 2 aromatic carbocycles. The number of allylic oxidation sites excluding steroid dienone is 1. The van der Waals surface area contributed by atoms with Crippen LogP contribution in [0.2, 0.25) is 0 Å². The Balaban J connectivity index is 1.44. The second kappa shape index (κ2) is 8.64. The number of rotatable bonds is 6.